The molecule has 3 rings (SSSR count). The Hall–Kier alpha value is -2.14. The van der Waals surface area contributed by atoms with Crippen molar-refractivity contribution in [2.24, 2.45) is 5.73 Å². The number of rotatable bonds is 4. The quantitative estimate of drug-likeness (QED) is 0.807. The maximum Gasteiger partial charge on any atom is 0.226 e. The molecule has 1 heterocycles. The lowest BCUT2D eigenvalue weighted by molar-refractivity contribution is -0.117. The van der Waals surface area contributed by atoms with Gasteiger partial charge in [-0.1, -0.05) is 25.0 Å². The van der Waals surface area contributed by atoms with Gasteiger partial charge in [0.05, 0.1) is 18.2 Å². The van der Waals surface area contributed by atoms with Crippen LogP contribution in [0.25, 0.3) is 11.3 Å². The number of nitrogens with two attached hydrogens (primary N) is 1. The fourth-order valence-corrected chi connectivity index (χ4v) is 2.93. The van der Waals surface area contributed by atoms with Crippen molar-refractivity contribution in [3.8, 4) is 11.3 Å². The zero-order chi connectivity index (χ0) is 14.7. The van der Waals surface area contributed by atoms with E-state index < -0.39 is 0 Å². The number of hydrogen-bond donors (Lipinski definition) is 3. The van der Waals surface area contributed by atoms with Crippen molar-refractivity contribution in [1.29, 1.82) is 0 Å². The predicted octanol–water partition coefficient (Wildman–Crippen LogP) is 2.68. The summed E-state index contributed by atoms with van der Waals surface area (Å²) in [4.78, 5) is 19.1. The van der Waals surface area contributed by atoms with Crippen molar-refractivity contribution in [2.45, 2.75) is 37.6 Å². The van der Waals surface area contributed by atoms with Crippen LogP contribution in [0.5, 0.6) is 0 Å². The van der Waals surface area contributed by atoms with Gasteiger partial charge in [-0.25, -0.2) is 4.98 Å². The molecule has 1 aliphatic carbocycles. The molecule has 1 amide bonds. The summed E-state index contributed by atoms with van der Waals surface area (Å²) in [5, 5.41) is 2.92. The molecule has 4 N–H and O–H groups in total. The van der Waals surface area contributed by atoms with E-state index in [9.17, 15) is 4.79 Å². The van der Waals surface area contributed by atoms with Crippen molar-refractivity contribution in [3.63, 3.8) is 0 Å². The molecule has 2 aromatic rings. The lowest BCUT2D eigenvalue weighted by Crippen LogP contribution is -2.40. The van der Waals surface area contributed by atoms with Crippen molar-refractivity contribution < 1.29 is 4.79 Å². The number of H-pyrrole nitrogens is 1. The first-order valence-electron chi connectivity index (χ1n) is 7.32. The highest BCUT2D eigenvalue weighted by Crippen LogP contribution is 2.30. The summed E-state index contributed by atoms with van der Waals surface area (Å²) < 4.78 is 0. The highest BCUT2D eigenvalue weighted by molar-refractivity contribution is 5.91. The van der Waals surface area contributed by atoms with Crippen molar-refractivity contribution >= 4 is 11.6 Å². The number of benzene rings is 1. The number of carbonyl (C=O) groups is 1. The summed E-state index contributed by atoms with van der Waals surface area (Å²) in [5.41, 5.74) is 8.72. The lowest BCUT2D eigenvalue weighted by atomic mass is 9.94. The molecule has 5 heteroatoms. The van der Waals surface area contributed by atoms with Crippen molar-refractivity contribution in [2.75, 3.05) is 5.32 Å². The van der Waals surface area contributed by atoms with Crippen LogP contribution in [-0.4, -0.2) is 21.4 Å². The molecule has 1 saturated carbocycles. The number of aromatic amines is 1. The summed E-state index contributed by atoms with van der Waals surface area (Å²) in [6.45, 7) is 0. The minimum absolute atomic E-state index is 0.00584. The number of aromatic nitrogens is 2. The van der Waals surface area contributed by atoms with Crippen LogP contribution in [0.3, 0.4) is 0 Å². The largest absolute Gasteiger partial charge is 0.345 e. The van der Waals surface area contributed by atoms with Crippen LogP contribution in [0, 0.1) is 0 Å². The van der Waals surface area contributed by atoms with Crippen LogP contribution in [0.2, 0.25) is 0 Å². The fraction of sp³-hybridized carbons (Fsp3) is 0.375. The van der Waals surface area contributed by atoms with Crippen LogP contribution < -0.4 is 11.1 Å². The molecule has 0 bridgehead atoms. The Morgan fingerprint density at radius 1 is 1.29 bits per heavy atom. The molecule has 1 aliphatic rings. The number of nitrogens with one attached hydrogen (secondary N) is 2. The standard InChI is InChI=1S/C16H20N4O/c17-16(7-1-2-8-16)9-15(21)20-13-5-3-12(4-6-13)14-10-18-11-19-14/h3-6,10-11H,1-2,7-9,17H2,(H,18,19)(H,20,21). The molecule has 1 aromatic carbocycles. The molecule has 1 fully saturated rings. The van der Waals surface area contributed by atoms with Gasteiger partial charge in [0.15, 0.2) is 0 Å². The Labute approximate surface area is 124 Å². The number of imidazole rings is 1. The second kappa shape index (κ2) is 5.69. The third-order valence-electron chi connectivity index (χ3n) is 4.09. The van der Waals surface area contributed by atoms with E-state index in [4.69, 9.17) is 5.73 Å². The second-order valence-electron chi connectivity index (χ2n) is 5.84. The van der Waals surface area contributed by atoms with E-state index in [0.717, 1.165) is 42.6 Å². The summed E-state index contributed by atoms with van der Waals surface area (Å²) in [5.74, 6) is -0.00584. The first-order valence-corrected chi connectivity index (χ1v) is 7.32. The van der Waals surface area contributed by atoms with Gasteiger partial charge in [0.2, 0.25) is 5.91 Å². The highest BCUT2D eigenvalue weighted by Gasteiger charge is 2.31. The molecular formula is C16H20N4O. The predicted molar refractivity (Wildman–Crippen MR) is 82.7 cm³/mol. The maximum atomic E-state index is 12.1. The molecular weight excluding hydrogens is 264 g/mol. The Morgan fingerprint density at radius 3 is 2.62 bits per heavy atom. The molecule has 0 atom stereocenters. The maximum absolute atomic E-state index is 12.1. The molecule has 0 radical (unpaired) electrons. The molecule has 21 heavy (non-hydrogen) atoms. The van der Waals surface area contributed by atoms with Gasteiger partial charge in [-0.3, -0.25) is 4.79 Å². The van der Waals surface area contributed by atoms with Gasteiger partial charge < -0.3 is 16.0 Å². The minimum Gasteiger partial charge on any atom is -0.345 e. The van der Waals surface area contributed by atoms with Gasteiger partial charge in [0.25, 0.3) is 0 Å². The second-order valence-corrected chi connectivity index (χ2v) is 5.84. The first-order chi connectivity index (χ1) is 10.1. The third-order valence-corrected chi connectivity index (χ3v) is 4.09. The van der Waals surface area contributed by atoms with Crippen molar-refractivity contribution in [3.05, 3.63) is 36.8 Å². The van der Waals surface area contributed by atoms with E-state index in [1.54, 1.807) is 12.5 Å². The van der Waals surface area contributed by atoms with Gasteiger partial charge in [-0.15, -0.1) is 0 Å². The normalized spacial score (nSPS) is 16.8. The lowest BCUT2D eigenvalue weighted by Gasteiger charge is -2.22. The Bertz CT molecular complexity index is 598. The van der Waals surface area contributed by atoms with Crippen molar-refractivity contribution in [1.82, 2.24) is 9.97 Å². The van der Waals surface area contributed by atoms with Gasteiger partial charge in [-0.05, 0) is 30.5 Å². The third kappa shape index (κ3) is 3.31. The number of anilines is 1. The molecule has 0 unspecified atom stereocenters. The van der Waals surface area contributed by atoms with Gasteiger partial charge >= 0.3 is 0 Å². The average molecular weight is 284 g/mol. The number of hydrogen-bond acceptors (Lipinski definition) is 3. The van der Waals surface area contributed by atoms with E-state index in [-0.39, 0.29) is 11.4 Å². The minimum atomic E-state index is -0.306. The van der Waals surface area contributed by atoms with E-state index >= 15 is 0 Å². The number of amides is 1. The Morgan fingerprint density at radius 2 is 2.00 bits per heavy atom. The molecule has 0 aliphatic heterocycles. The SMILES string of the molecule is NC1(CC(=O)Nc2ccc(-c3cnc[nH]3)cc2)CCCC1. The zero-order valence-corrected chi connectivity index (χ0v) is 11.9. The van der Waals surface area contributed by atoms with Gasteiger partial charge in [0, 0.05) is 17.6 Å². The molecule has 110 valence electrons. The summed E-state index contributed by atoms with van der Waals surface area (Å²) in [7, 11) is 0. The number of carbonyl (C=O) groups excluding carboxylic acids is 1. The summed E-state index contributed by atoms with van der Waals surface area (Å²) >= 11 is 0. The first kappa shape index (κ1) is 13.8. The van der Waals surface area contributed by atoms with E-state index in [1.165, 1.54) is 0 Å². The molecule has 0 saturated heterocycles. The Kier molecular flexibility index (Phi) is 3.75. The smallest absolute Gasteiger partial charge is 0.226 e. The van der Waals surface area contributed by atoms with Gasteiger partial charge in [0.1, 0.15) is 0 Å². The topological polar surface area (TPSA) is 83.8 Å². The van der Waals surface area contributed by atoms with Crippen LogP contribution in [0.1, 0.15) is 32.1 Å². The van der Waals surface area contributed by atoms with Crippen LogP contribution in [-0.2, 0) is 4.79 Å². The molecule has 1 aromatic heterocycles. The van der Waals surface area contributed by atoms with E-state index in [2.05, 4.69) is 15.3 Å². The van der Waals surface area contributed by atoms with Crippen LogP contribution >= 0.6 is 0 Å². The number of nitrogens with zero attached hydrogens (tertiary/aromatic N) is 1. The average Bonchev–Trinajstić information content (AvgIpc) is 3.11. The Balaban J connectivity index is 1.61. The van der Waals surface area contributed by atoms with Crippen LogP contribution in [0.15, 0.2) is 36.8 Å². The molecule has 0 spiro atoms. The molecule has 5 nitrogen and oxygen atoms in total. The summed E-state index contributed by atoms with van der Waals surface area (Å²) in [6.07, 6.45) is 7.96. The fourth-order valence-electron chi connectivity index (χ4n) is 2.93. The monoisotopic (exact) mass is 284 g/mol. The van der Waals surface area contributed by atoms with E-state index in [0.29, 0.717) is 6.42 Å². The summed E-state index contributed by atoms with van der Waals surface area (Å²) in [6, 6.07) is 7.70. The van der Waals surface area contributed by atoms with E-state index in [1.807, 2.05) is 24.3 Å². The zero-order valence-electron chi connectivity index (χ0n) is 11.9. The highest BCUT2D eigenvalue weighted by atomic mass is 16.1. The van der Waals surface area contributed by atoms with Crippen LogP contribution in [0.4, 0.5) is 5.69 Å². The van der Waals surface area contributed by atoms with Gasteiger partial charge in [-0.2, -0.15) is 0 Å².